The highest BCUT2D eigenvalue weighted by Crippen LogP contribution is 2.37. The van der Waals surface area contributed by atoms with Crippen molar-refractivity contribution in [2.45, 2.75) is 12.5 Å². The van der Waals surface area contributed by atoms with Crippen molar-refractivity contribution in [3.8, 4) is 11.4 Å². The zero-order valence-electron chi connectivity index (χ0n) is 24.5. The Hall–Kier alpha value is -4.91. The monoisotopic (exact) mass is 601 g/mol. The average molecular weight is 602 g/mol. The van der Waals surface area contributed by atoms with Crippen LogP contribution in [-0.4, -0.2) is 21.6 Å². The molecule has 0 bridgehead atoms. The average Bonchev–Trinajstić information content (AvgIpc) is 3.33. The molecule has 220 valence electrons. The van der Waals surface area contributed by atoms with Crippen LogP contribution in [0.3, 0.4) is 0 Å². The van der Waals surface area contributed by atoms with Gasteiger partial charge in [-0.25, -0.2) is 4.79 Å². The summed E-state index contributed by atoms with van der Waals surface area (Å²) in [5.74, 6) is -0.682. The van der Waals surface area contributed by atoms with Crippen molar-refractivity contribution >= 4 is 28.6 Å². The molecule has 0 fully saturated rings. The summed E-state index contributed by atoms with van der Waals surface area (Å²) in [5.41, 5.74) is 3.82. The number of hydrogen-bond donors (Lipinski definition) is 1. The van der Waals surface area contributed by atoms with Gasteiger partial charge in [-0.2, -0.15) is 0 Å². The molecule has 1 atom stereocenters. The largest absolute Gasteiger partial charge is 0.424 e. The predicted octanol–water partition coefficient (Wildman–Crippen LogP) is 7.11. The van der Waals surface area contributed by atoms with E-state index in [0.717, 1.165) is 16.7 Å². The number of hydrogen-bond acceptors (Lipinski definition) is 4. The molecule has 5 aromatic carbocycles. The number of carbonyl (C=O) groups is 1. The standard InChI is InChI=1S/C37H32ClN3O3/c1-26(25-39-37(27-15-6-3-7-16-27,28-17-8-4-9-18-28)29-19-10-5-11-20-29)35(42)44-33-24-13-12-22-31(33)41-34-30(38)21-14-23-32(34)40(2)36(41)43/h3-24,26,39H,25H2,1-2H3/t26-/m0/s1. The minimum atomic E-state index is -0.719. The first-order chi connectivity index (χ1) is 21.4. The molecule has 6 aromatic rings. The van der Waals surface area contributed by atoms with E-state index in [-0.39, 0.29) is 11.4 Å². The first kappa shape index (κ1) is 29.2. The number of para-hydroxylation sites is 3. The number of rotatable bonds is 9. The summed E-state index contributed by atoms with van der Waals surface area (Å²) < 4.78 is 9.03. The Labute approximate surface area is 261 Å². The summed E-state index contributed by atoms with van der Waals surface area (Å²) in [5, 5.41) is 4.19. The highest BCUT2D eigenvalue weighted by molar-refractivity contribution is 6.35. The summed E-state index contributed by atoms with van der Waals surface area (Å²) >= 11 is 6.55. The molecular formula is C37H32ClN3O3. The lowest BCUT2D eigenvalue weighted by Crippen LogP contribution is -2.47. The van der Waals surface area contributed by atoms with Crippen molar-refractivity contribution in [1.82, 2.24) is 14.5 Å². The molecule has 0 amide bonds. The fourth-order valence-electron chi connectivity index (χ4n) is 5.77. The third-order valence-electron chi connectivity index (χ3n) is 8.04. The Morgan fingerprint density at radius 2 is 1.30 bits per heavy atom. The van der Waals surface area contributed by atoms with Crippen molar-refractivity contribution in [3.05, 3.63) is 166 Å². The molecule has 7 heteroatoms. The van der Waals surface area contributed by atoms with E-state index in [4.69, 9.17) is 16.3 Å². The van der Waals surface area contributed by atoms with Gasteiger partial charge in [-0.05, 0) is 41.0 Å². The molecular weight excluding hydrogens is 570 g/mol. The second-order valence-electron chi connectivity index (χ2n) is 10.8. The summed E-state index contributed by atoms with van der Waals surface area (Å²) in [6, 6.07) is 43.1. The number of imidazole rings is 1. The van der Waals surface area contributed by atoms with E-state index < -0.39 is 17.4 Å². The van der Waals surface area contributed by atoms with Crippen molar-refractivity contribution < 1.29 is 9.53 Å². The second kappa shape index (κ2) is 12.4. The van der Waals surface area contributed by atoms with E-state index in [9.17, 15) is 9.59 Å². The van der Waals surface area contributed by atoms with Crippen LogP contribution < -0.4 is 15.7 Å². The lowest BCUT2D eigenvalue weighted by Gasteiger charge is -2.37. The number of aromatic nitrogens is 2. The molecule has 0 saturated carbocycles. The van der Waals surface area contributed by atoms with Crippen LogP contribution >= 0.6 is 11.6 Å². The normalized spacial score (nSPS) is 12.2. The van der Waals surface area contributed by atoms with Crippen LogP contribution in [-0.2, 0) is 17.4 Å². The van der Waals surface area contributed by atoms with Gasteiger partial charge in [0.1, 0.15) is 0 Å². The Morgan fingerprint density at radius 1 is 0.773 bits per heavy atom. The van der Waals surface area contributed by atoms with Gasteiger partial charge < -0.3 is 4.74 Å². The SMILES string of the molecule is C[C@@H](CNC(c1ccccc1)(c1ccccc1)c1ccccc1)C(=O)Oc1ccccc1-n1c(=O)n(C)c2cccc(Cl)c21. The molecule has 1 heterocycles. The van der Waals surface area contributed by atoms with Gasteiger partial charge in [0.2, 0.25) is 0 Å². The number of nitrogens with zero attached hydrogens (tertiary/aromatic N) is 2. The van der Waals surface area contributed by atoms with E-state index in [1.54, 1.807) is 43.4 Å². The van der Waals surface area contributed by atoms with Crippen molar-refractivity contribution in [2.24, 2.45) is 13.0 Å². The molecule has 1 aromatic heterocycles. The zero-order valence-corrected chi connectivity index (χ0v) is 25.2. The summed E-state index contributed by atoms with van der Waals surface area (Å²) in [6.45, 7) is 2.16. The fraction of sp³-hybridized carbons (Fsp3) is 0.135. The summed E-state index contributed by atoms with van der Waals surface area (Å²) in [6.07, 6.45) is 0. The Bertz CT molecular complexity index is 1870. The first-order valence-electron chi connectivity index (χ1n) is 14.5. The van der Waals surface area contributed by atoms with E-state index >= 15 is 0 Å². The molecule has 0 aliphatic carbocycles. The number of nitrogens with one attached hydrogen (secondary N) is 1. The predicted molar refractivity (Wildman–Crippen MR) is 176 cm³/mol. The smallest absolute Gasteiger partial charge is 0.333 e. The molecule has 6 nitrogen and oxygen atoms in total. The highest BCUT2D eigenvalue weighted by atomic mass is 35.5. The number of fused-ring (bicyclic) bond motifs is 1. The quantitative estimate of drug-likeness (QED) is 0.109. The van der Waals surface area contributed by atoms with Gasteiger partial charge in [-0.3, -0.25) is 19.2 Å². The number of halogens is 1. The van der Waals surface area contributed by atoms with Crippen LogP contribution in [0.2, 0.25) is 5.02 Å². The maximum atomic E-state index is 13.7. The summed E-state index contributed by atoms with van der Waals surface area (Å²) in [4.78, 5) is 27.0. The van der Waals surface area contributed by atoms with Crippen molar-refractivity contribution in [2.75, 3.05) is 6.54 Å². The maximum Gasteiger partial charge on any atom is 0.333 e. The maximum absolute atomic E-state index is 13.7. The van der Waals surface area contributed by atoms with Crippen molar-refractivity contribution in [1.29, 1.82) is 0 Å². The van der Waals surface area contributed by atoms with Crippen molar-refractivity contribution in [3.63, 3.8) is 0 Å². The molecule has 0 spiro atoms. The number of carbonyl (C=O) groups excluding carboxylic acids is 1. The van der Waals surface area contributed by atoms with Gasteiger partial charge in [0.25, 0.3) is 0 Å². The Balaban J connectivity index is 1.33. The van der Waals surface area contributed by atoms with Gasteiger partial charge in [0.15, 0.2) is 5.75 Å². The fourth-order valence-corrected chi connectivity index (χ4v) is 6.02. The zero-order chi connectivity index (χ0) is 30.7. The molecule has 0 aliphatic heterocycles. The van der Waals surface area contributed by atoms with E-state index in [1.807, 2.05) is 67.6 Å². The Kier molecular flexibility index (Phi) is 8.20. The van der Waals surface area contributed by atoms with Crippen LogP contribution in [0.5, 0.6) is 5.75 Å². The van der Waals surface area contributed by atoms with Crippen LogP contribution in [0.25, 0.3) is 16.7 Å². The molecule has 6 rings (SSSR count). The van der Waals surface area contributed by atoms with Crippen LogP contribution in [0.4, 0.5) is 0 Å². The molecule has 0 aliphatic rings. The van der Waals surface area contributed by atoms with Crippen LogP contribution in [0.1, 0.15) is 23.6 Å². The molecule has 0 unspecified atom stereocenters. The molecule has 1 N–H and O–H groups in total. The topological polar surface area (TPSA) is 65.3 Å². The third-order valence-corrected chi connectivity index (χ3v) is 8.35. The van der Waals surface area contributed by atoms with Gasteiger partial charge in [-0.1, -0.05) is 128 Å². The van der Waals surface area contributed by atoms with E-state index in [1.165, 1.54) is 9.13 Å². The van der Waals surface area contributed by atoms with Gasteiger partial charge >= 0.3 is 11.7 Å². The minimum Gasteiger partial charge on any atom is -0.424 e. The van der Waals surface area contributed by atoms with Gasteiger partial charge in [0, 0.05) is 13.6 Å². The third kappa shape index (κ3) is 5.23. The first-order valence-corrected chi connectivity index (χ1v) is 14.9. The second-order valence-corrected chi connectivity index (χ2v) is 11.2. The molecule has 0 radical (unpaired) electrons. The lowest BCUT2D eigenvalue weighted by molar-refractivity contribution is -0.138. The van der Waals surface area contributed by atoms with E-state index in [0.29, 0.717) is 28.3 Å². The van der Waals surface area contributed by atoms with Crippen LogP contribution in [0, 0.1) is 5.92 Å². The van der Waals surface area contributed by atoms with Gasteiger partial charge in [-0.15, -0.1) is 0 Å². The van der Waals surface area contributed by atoms with E-state index in [2.05, 4.69) is 41.7 Å². The Morgan fingerprint density at radius 3 is 1.86 bits per heavy atom. The lowest BCUT2D eigenvalue weighted by atomic mass is 9.76. The minimum absolute atomic E-state index is 0.277. The highest BCUT2D eigenvalue weighted by Gasteiger charge is 2.37. The van der Waals surface area contributed by atoms with Gasteiger partial charge in [0.05, 0.1) is 33.2 Å². The van der Waals surface area contributed by atoms with Crippen LogP contribution in [0.15, 0.2) is 138 Å². The number of benzene rings is 5. The number of esters is 1. The molecule has 44 heavy (non-hydrogen) atoms. The summed E-state index contributed by atoms with van der Waals surface area (Å²) in [7, 11) is 1.69. The number of aryl methyl sites for hydroxylation is 1. The molecule has 0 saturated heterocycles. The number of ether oxygens (including phenoxy) is 1.